The van der Waals surface area contributed by atoms with Crippen LogP contribution in [0.4, 0.5) is 23.7 Å². The molecule has 0 spiro atoms. The van der Waals surface area contributed by atoms with Gasteiger partial charge in [0, 0.05) is 24.2 Å². The summed E-state index contributed by atoms with van der Waals surface area (Å²) in [6.07, 6.45) is -0.117. The maximum atomic E-state index is 12.9. The number of amides is 2. The van der Waals surface area contributed by atoms with Crippen molar-refractivity contribution >= 4 is 34.9 Å². The Labute approximate surface area is 189 Å². The summed E-state index contributed by atoms with van der Waals surface area (Å²) < 4.78 is 38.6. The normalized spacial score (nSPS) is 15.3. The topological polar surface area (TPSA) is 53.2 Å². The fourth-order valence-electron chi connectivity index (χ4n) is 3.39. The van der Waals surface area contributed by atoms with Crippen molar-refractivity contribution in [3.05, 3.63) is 63.6 Å². The van der Waals surface area contributed by atoms with Crippen molar-refractivity contribution in [2.24, 2.45) is 0 Å². The summed E-state index contributed by atoms with van der Waals surface area (Å²) in [4.78, 5) is 12.3. The first-order valence-corrected chi connectivity index (χ1v) is 10.9. The number of hydrogen-bond donors (Lipinski definition) is 3. The van der Waals surface area contributed by atoms with Crippen molar-refractivity contribution in [3.8, 4) is 0 Å². The first-order chi connectivity index (χ1) is 14.7. The molecule has 2 amide bonds. The summed E-state index contributed by atoms with van der Waals surface area (Å²) >= 11 is 12.2. The molecule has 3 rings (SSSR count). The van der Waals surface area contributed by atoms with Gasteiger partial charge in [0.2, 0.25) is 0 Å². The Balaban J connectivity index is 1.60. The SMILES string of the molecule is O=C(NCC(CCNC1CCC1)c1ccc(Cl)c(Cl)c1)Nc1cccc(C(F)(F)F)c1. The Hall–Kier alpha value is -1.96. The fourth-order valence-corrected chi connectivity index (χ4v) is 3.70. The van der Waals surface area contributed by atoms with Crippen LogP contribution in [0.1, 0.15) is 42.7 Å². The fraction of sp³-hybridized carbons (Fsp3) is 0.409. The molecule has 4 nitrogen and oxygen atoms in total. The predicted octanol–water partition coefficient (Wildman–Crippen LogP) is 6.45. The van der Waals surface area contributed by atoms with Gasteiger partial charge in [-0.15, -0.1) is 0 Å². The van der Waals surface area contributed by atoms with Crippen molar-refractivity contribution in [2.75, 3.05) is 18.4 Å². The number of alkyl halides is 3. The van der Waals surface area contributed by atoms with Crippen LogP contribution in [0.2, 0.25) is 10.0 Å². The Morgan fingerprint density at radius 1 is 1.10 bits per heavy atom. The highest BCUT2D eigenvalue weighted by atomic mass is 35.5. The lowest BCUT2D eigenvalue weighted by Gasteiger charge is -2.28. The first-order valence-electron chi connectivity index (χ1n) is 10.1. The quantitative estimate of drug-likeness (QED) is 0.412. The number of benzene rings is 2. The molecule has 1 saturated carbocycles. The molecule has 0 radical (unpaired) electrons. The van der Waals surface area contributed by atoms with E-state index in [4.69, 9.17) is 23.2 Å². The van der Waals surface area contributed by atoms with E-state index in [1.54, 1.807) is 12.1 Å². The van der Waals surface area contributed by atoms with Gasteiger partial charge in [0.25, 0.3) is 0 Å². The van der Waals surface area contributed by atoms with Gasteiger partial charge in [-0.2, -0.15) is 13.2 Å². The standard InChI is InChI=1S/C22H24Cl2F3N3O/c23-19-8-7-14(11-20(19)24)15(9-10-28-17-4-2-5-17)13-29-21(31)30-18-6-1-3-16(12-18)22(25,26)27/h1,3,6-8,11-12,15,17,28H,2,4-5,9-10,13H2,(H2,29,30,31). The van der Waals surface area contributed by atoms with Gasteiger partial charge in [-0.05, 0) is 61.7 Å². The molecule has 9 heteroatoms. The third-order valence-electron chi connectivity index (χ3n) is 5.40. The summed E-state index contributed by atoms with van der Waals surface area (Å²) in [5.41, 5.74) is 0.190. The van der Waals surface area contributed by atoms with E-state index >= 15 is 0 Å². The van der Waals surface area contributed by atoms with Crippen LogP contribution in [-0.4, -0.2) is 25.2 Å². The average Bonchev–Trinajstić information content (AvgIpc) is 2.68. The molecule has 1 atom stereocenters. The lowest BCUT2D eigenvalue weighted by Crippen LogP contribution is -2.37. The molecule has 2 aromatic rings. The number of urea groups is 1. The van der Waals surface area contributed by atoms with Gasteiger partial charge in [0.1, 0.15) is 0 Å². The number of carbonyl (C=O) groups excluding carboxylic acids is 1. The van der Waals surface area contributed by atoms with E-state index in [9.17, 15) is 18.0 Å². The summed E-state index contributed by atoms with van der Waals surface area (Å²) in [7, 11) is 0. The maximum Gasteiger partial charge on any atom is 0.416 e. The van der Waals surface area contributed by atoms with Crippen LogP contribution < -0.4 is 16.0 Å². The minimum absolute atomic E-state index is 0.0328. The van der Waals surface area contributed by atoms with Crippen LogP contribution in [0.3, 0.4) is 0 Å². The highest BCUT2D eigenvalue weighted by Crippen LogP contribution is 2.31. The van der Waals surface area contributed by atoms with E-state index in [1.165, 1.54) is 31.4 Å². The van der Waals surface area contributed by atoms with E-state index in [2.05, 4.69) is 16.0 Å². The van der Waals surface area contributed by atoms with Crippen molar-refractivity contribution in [3.63, 3.8) is 0 Å². The molecule has 31 heavy (non-hydrogen) atoms. The number of rotatable bonds is 8. The van der Waals surface area contributed by atoms with Gasteiger partial charge in [-0.3, -0.25) is 0 Å². The van der Waals surface area contributed by atoms with Crippen LogP contribution in [0.5, 0.6) is 0 Å². The van der Waals surface area contributed by atoms with Crippen LogP contribution in [0.25, 0.3) is 0 Å². The third kappa shape index (κ3) is 7.02. The van der Waals surface area contributed by atoms with Crippen molar-refractivity contribution in [2.45, 2.75) is 43.8 Å². The number of carbonyl (C=O) groups is 1. The lowest BCUT2D eigenvalue weighted by atomic mass is 9.92. The molecule has 3 N–H and O–H groups in total. The van der Waals surface area contributed by atoms with Gasteiger partial charge in [-0.25, -0.2) is 4.79 Å². The Kier molecular flexibility index (Phi) is 8.08. The molecule has 1 aliphatic rings. The summed E-state index contributed by atoms with van der Waals surface area (Å²) in [5, 5.41) is 9.60. The minimum atomic E-state index is -4.47. The van der Waals surface area contributed by atoms with Crippen molar-refractivity contribution < 1.29 is 18.0 Å². The maximum absolute atomic E-state index is 12.9. The number of nitrogens with one attached hydrogen (secondary N) is 3. The molecule has 0 aromatic heterocycles. The predicted molar refractivity (Wildman–Crippen MR) is 118 cm³/mol. The zero-order valence-corrected chi connectivity index (χ0v) is 18.2. The van der Waals surface area contributed by atoms with Gasteiger partial charge in [0.15, 0.2) is 0 Å². The van der Waals surface area contributed by atoms with E-state index < -0.39 is 17.8 Å². The Morgan fingerprint density at radius 2 is 1.87 bits per heavy atom. The first kappa shape index (κ1) is 23.7. The summed E-state index contributed by atoms with van der Waals surface area (Å²) in [5.74, 6) is -0.0328. The second-order valence-electron chi connectivity index (χ2n) is 7.65. The smallest absolute Gasteiger partial charge is 0.337 e. The molecule has 0 heterocycles. The van der Waals surface area contributed by atoms with Gasteiger partial charge in [-0.1, -0.05) is 41.8 Å². The van der Waals surface area contributed by atoms with Crippen molar-refractivity contribution in [1.82, 2.24) is 10.6 Å². The van der Waals surface area contributed by atoms with Gasteiger partial charge >= 0.3 is 12.2 Å². The van der Waals surface area contributed by atoms with Crippen LogP contribution in [0, 0.1) is 0 Å². The van der Waals surface area contributed by atoms with E-state index in [-0.39, 0.29) is 11.6 Å². The van der Waals surface area contributed by atoms with Crippen LogP contribution in [0.15, 0.2) is 42.5 Å². The molecule has 0 bridgehead atoms. The Morgan fingerprint density at radius 3 is 2.52 bits per heavy atom. The molecule has 168 valence electrons. The number of anilines is 1. The van der Waals surface area contributed by atoms with Crippen LogP contribution in [-0.2, 0) is 6.18 Å². The molecule has 1 aliphatic carbocycles. The molecule has 0 aliphatic heterocycles. The molecule has 0 saturated heterocycles. The average molecular weight is 474 g/mol. The molecular weight excluding hydrogens is 450 g/mol. The zero-order chi connectivity index (χ0) is 22.4. The highest BCUT2D eigenvalue weighted by molar-refractivity contribution is 6.42. The molecule has 1 fully saturated rings. The van der Waals surface area contributed by atoms with Crippen LogP contribution >= 0.6 is 23.2 Å². The molecule has 1 unspecified atom stereocenters. The van der Waals surface area contributed by atoms with Gasteiger partial charge in [0.05, 0.1) is 15.6 Å². The monoisotopic (exact) mass is 473 g/mol. The summed E-state index contributed by atoms with van der Waals surface area (Å²) in [6, 6.07) is 9.86. The van der Waals surface area contributed by atoms with Gasteiger partial charge < -0.3 is 16.0 Å². The van der Waals surface area contributed by atoms with Crippen molar-refractivity contribution in [1.29, 1.82) is 0 Å². The minimum Gasteiger partial charge on any atom is -0.337 e. The zero-order valence-electron chi connectivity index (χ0n) is 16.7. The lowest BCUT2D eigenvalue weighted by molar-refractivity contribution is -0.137. The highest BCUT2D eigenvalue weighted by Gasteiger charge is 2.30. The second kappa shape index (κ2) is 10.6. The molecular formula is C22H24Cl2F3N3O. The largest absolute Gasteiger partial charge is 0.416 e. The molecule has 2 aromatic carbocycles. The van der Waals surface area contributed by atoms with E-state index in [1.807, 2.05) is 6.07 Å². The van der Waals surface area contributed by atoms with E-state index in [0.717, 1.165) is 30.7 Å². The number of hydrogen-bond acceptors (Lipinski definition) is 2. The van der Waals surface area contributed by atoms with E-state index in [0.29, 0.717) is 22.6 Å². The Bertz CT molecular complexity index is 904. The third-order valence-corrected chi connectivity index (χ3v) is 6.14. The number of halogens is 5. The second-order valence-corrected chi connectivity index (χ2v) is 8.47. The summed E-state index contributed by atoms with van der Waals surface area (Å²) in [6.45, 7) is 1.08.